The molecule has 3 aromatic rings. The maximum atomic E-state index is 12.2. The fraction of sp³-hybridized carbons (Fsp3) is 0.211. The van der Waals surface area contributed by atoms with Crippen LogP contribution in [0.2, 0.25) is 0 Å². The van der Waals surface area contributed by atoms with Crippen LogP contribution in [0.3, 0.4) is 0 Å². The van der Waals surface area contributed by atoms with Crippen molar-refractivity contribution in [3.8, 4) is 5.69 Å². The SMILES string of the molecule is CCc1cccc(NC(=O)CSc2nncn2-c2ccc(C)cc2)c1. The molecule has 1 aromatic heterocycles. The second-order valence-corrected chi connectivity index (χ2v) is 6.65. The predicted octanol–water partition coefficient (Wildman–Crippen LogP) is 3.87. The van der Waals surface area contributed by atoms with Crippen LogP contribution in [-0.4, -0.2) is 26.4 Å². The second kappa shape index (κ2) is 7.98. The van der Waals surface area contributed by atoms with Crippen molar-refractivity contribution in [2.24, 2.45) is 0 Å². The highest BCUT2D eigenvalue weighted by molar-refractivity contribution is 7.99. The zero-order valence-corrected chi connectivity index (χ0v) is 15.1. The molecule has 0 radical (unpaired) electrons. The van der Waals surface area contributed by atoms with E-state index in [9.17, 15) is 4.79 Å². The number of hydrogen-bond acceptors (Lipinski definition) is 4. The Kier molecular flexibility index (Phi) is 5.50. The number of thioether (sulfide) groups is 1. The molecule has 0 unspecified atom stereocenters. The Balaban J connectivity index is 1.63. The lowest BCUT2D eigenvalue weighted by molar-refractivity contribution is -0.113. The minimum Gasteiger partial charge on any atom is -0.325 e. The van der Waals surface area contributed by atoms with Crippen molar-refractivity contribution in [1.82, 2.24) is 14.8 Å². The summed E-state index contributed by atoms with van der Waals surface area (Å²) in [7, 11) is 0. The van der Waals surface area contributed by atoms with Crippen LogP contribution in [0.15, 0.2) is 60.0 Å². The molecule has 0 atom stereocenters. The fourth-order valence-corrected chi connectivity index (χ4v) is 3.13. The number of nitrogens with one attached hydrogen (secondary N) is 1. The van der Waals surface area contributed by atoms with E-state index in [1.54, 1.807) is 6.33 Å². The fourth-order valence-electron chi connectivity index (χ4n) is 2.40. The highest BCUT2D eigenvalue weighted by Gasteiger charge is 2.10. The van der Waals surface area contributed by atoms with Crippen LogP contribution >= 0.6 is 11.8 Å². The highest BCUT2D eigenvalue weighted by Crippen LogP contribution is 2.20. The lowest BCUT2D eigenvalue weighted by Gasteiger charge is -2.08. The van der Waals surface area contributed by atoms with Gasteiger partial charge in [-0.1, -0.05) is 48.5 Å². The van der Waals surface area contributed by atoms with Gasteiger partial charge in [0.05, 0.1) is 5.75 Å². The monoisotopic (exact) mass is 352 g/mol. The van der Waals surface area contributed by atoms with E-state index in [1.807, 2.05) is 54.0 Å². The zero-order valence-electron chi connectivity index (χ0n) is 14.3. The molecule has 6 heteroatoms. The predicted molar refractivity (Wildman–Crippen MR) is 101 cm³/mol. The van der Waals surface area contributed by atoms with Crippen LogP contribution in [0.25, 0.3) is 5.69 Å². The largest absolute Gasteiger partial charge is 0.325 e. The maximum Gasteiger partial charge on any atom is 0.234 e. The van der Waals surface area contributed by atoms with E-state index in [1.165, 1.54) is 22.9 Å². The van der Waals surface area contributed by atoms with Crippen molar-refractivity contribution in [1.29, 1.82) is 0 Å². The smallest absolute Gasteiger partial charge is 0.234 e. The molecule has 0 aliphatic rings. The van der Waals surface area contributed by atoms with E-state index >= 15 is 0 Å². The van der Waals surface area contributed by atoms with Crippen molar-refractivity contribution in [2.45, 2.75) is 25.4 Å². The van der Waals surface area contributed by atoms with E-state index in [4.69, 9.17) is 0 Å². The number of carbonyl (C=O) groups is 1. The molecule has 5 nitrogen and oxygen atoms in total. The van der Waals surface area contributed by atoms with Crippen molar-refractivity contribution < 1.29 is 4.79 Å². The Labute approximate surface area is 151 Å². The molecule has 2 aromatic carbocycles. The molecule has 1 amide bonds. The summed E-state index contributed by atoms with van der Waals surface area (Å²) in [5, 5.41) is 11.7. The number of carbonyl (C=O) groups excluding carboxylic acids is 1. The molecule has 25 heavy (non-hydrogen) atoms. The van der Waals surface area contributed by atoms with Crippen LogP contribution in [0.4, 0.5) is 5.69 Å². The third-order valence-electron chi connectivity index (χ3n) is 3.78. The highest BCUT2D eigenvalue weighted by atomic mass is 32.2. The minimum absolute atomic E-state index is 0.0586. The first-order valence-corrected chi connectivity index (χ1v) is 9.13. The van der Waals surface area contributed by atoms with Gasteiger partial charge in [-0.15, -0.1) is 10.2 Å². The molecule has 1 heterocycles. The van der Waals surface area contributed by atoms with Crippen molar-refractivity contribution in [3.63, 3.8) is 0 Å². The molecule has 0 fully saturated rings. The molecule has 0 spiro atoms. The molecule has 0 saturated heterocycles. The van der Waals surface area contributed by atoms with E-state index in [0.717, 1.165) is 17.8 Å². The normalized spacial score (nSPS) is 10.6. The van der Waals surface area contributed by atoms with E-state index < -0.39 is 0 Å². The minimum atomic E-state index is -0.0586. The van der Waals surface area contributed by atoms with Gasteiger partial charge in [0.2, 0.25) is 5.91 Å². The summed E-state index contributed by atoms with van der Waals surface area (Å²) in [4.78, 5) is 12.2. The molecule has 128 valence electrons. The topological polar surface area (TPSA) is 59.8 Å². The lowest BCUT2D eigenvalue weighted by Crippen LogP contribution is -2.14. The van der Waals surface area contributed by atoms with Crippen molar-refractivity contribution >= 4 is 23.4 Å². The van der Waals surface area contributed by atoms with Gasteiger partial charge >= 0.3 is 0 Å². The quantitative estimate of drug-likeness (QED) is 0.684. The first-order chi connectivity index (χ1) is 12.2. The molecule has 0 saturated carbocycles. The lowest BCUT2D eigenvalue weighted by atomic mass is 10.1. The van der Waals surface area contributed by atoms with Gasteiger partial charge in [-0.3, -0.25) is 9.36 Å². The number of aromatic nitrogens is 3. The summed E-state index contributed by atoms with van der Waals surface area (Å²) in [6, 6.07) is 16.0. The second-order valence-electron chi connectivity index (χ2n) is 5.71. The van der Waals surface area contributed by atoms with Gasteiger partial charge in [0, 0.05) is 11.4 Å². The van der Waals surface area contributed by atoms with Crippen LogP contribution in [0.5, 0.6) is 0 Å². The third kappa shape index (κ3) is 4.48. The third-order valence-corrected chi connectivity index (χ3v) is 4.72. The first kappa shape index (κ1) is 17.2. The van der Waals surface area contributed by atoms with E-state index in [2.05, 4.69) is 28.5 Å². The van der Waals surface area contributed by atoms with Crippen molar-refractivity contribution in [2.75, 3.05) is 11.1 Å². The van der Waals surface area contributed by atoms with Gasteiger partial charge in [0.25, 0.3) is 0 Å². The molecule has 3 rings (SSSR count). The summed E-state index contributed by atoms with van der Waals surface area (Å²) in [6.07, 6.45) is 2.60. The molecule has 1 N–H and O–H groups in total. The Hall–Kier alpha value is -2.60. The standard InChI is InChI=1S/C19H20N4OS/c1-3-15-5-4-6-16(11-15)21-18(24)12-25-19-22-20-13-23(19)17-9-7-14(2)8-10-17/h4-11,13H,3,12H2,1-2H3,(H,21,24). The van der Waals surface area contributed by atoms with Gasteiger partial charge in [-0.2, -0.15) is 0 Å². The summed E-state index contributed by atoms with van der Waals surface area (Å²) in [6.45, 7) is 4.14. The van der Waals surface area contributed by atoms with E-state index in [0.29, 0.717) is 5.16 Å². The molecular formula is C19H20N4OS. The van der Waals surface area contributed by atoms with Crippen LogP contribution in [-0.2, 0) is 11.2 Å². The number of nitrogens with zero attached hydrogens (tertiary/aromatic N) is 3. The summed E-state index contributed by atoms with van der Waals surface area (Å²) >= 11 is 1.37. The van der Waals surface area contributed by atoms with Crippen molar-refractivity contribution in [3.05, 3.63) is 66.0 Å². The summed E-state index contributed by atoms with van der Waals surface area (Å²) < 4.78 is 1.88. The van der Waals surface area contributed by atoms with Gasteiger partial charge < -0.3 is 5.32 Å². The number of aryl methyl sites for hydroxylation is 2. The summed E-state index contributed by atoms with van der Waals surface area (Å²) in [5.74, 6) is 0.220. The molecular weight excluding hydrogens is 332 g/mol. The van der Waals surface area contributed by atoms with Gasteiger partial charge in [-0.25, -0.2) is 0 Å². The van der Waals surface area contributed by atoms with Crippen LogP contribution in [0, 0.1) is 6.92 Å². The molecule has 0 aliphatic heterocycles. The average molecular weight is 352 g/mol. The number of rotatable bonds is 6. The Bertz CT molecular complexity index is 858. The number of anilines is 1. The first-order valence-electron chi connectivity index (χ1n) is 8.14. The van der Waals surface area contributed by atoms with Gasteiger partial charge in [-0.05, 0) is 43.2 Å². The Morgan fingerprint density at radius 2 is 2.00 bits per heavy atom. The molecule has 0 bridgehead atoms. The average Bonchev–Trinajstić information content (AvgIpc) is 3.09. The molecule has 0 aliphatic carbocycles. The van der Waals surface area contributed by atoms with E-state index in [-0.39, 0.29) is 11.7 Å². The van der Waals surface area contributed by atoms with Gasteiger partial charge in [0.15, 0.2) is 5.16 Å². The zero-order chi connectivity index (χ0) is 17.6. The Morgan fingerprint density at radius 3 is 2.76 bits per heavy atom. The maximum absolute atomic E-state index is 12.2. The number of hydrogen-bond donors (Lipinski definition) is 1. The summed E-state index contributed by atoms with van der Waals surface area (Å²) in [5.41, 5.74) is 4.20. The number of benzene rings is 2. The number of amides is 1. The van der Waals surface area contributed by atoms with Gasteiger partial charge in [0.1, 0.15) is 6.33 Å². The van der Waals surface area contributed by atoms with Crippen LogP contribution < -0.4 is 5.32 Å². The van der Waals surface area contributed by atoms with Crippen LogP contribution in [0.1, 0.15) is 18.1 Å². The Morgan fingerprint density at radius 1 is 1.20 bits per heavy atom.